The Morgan fingerprint density at radius 3 is 2.94 bits per heavy atom. The van der Waals surface area contributed by atoms with Crippen LogP contribution in [0.1, 0.15) is 17.7 Å². The topological polar surface area (TPSA) is 55.1 Å². The van der Waals surface area contributed by atoms with Crippen LogP contribution in [-0.2, 0) is 11.2 Å². The van der Waals surface area contributed by atoms with Gasteiger partial charge < -0.3 is 5.11 Å². The van der Waals surface area contributed by atoms with Crippen molar-refractivity contribution in [2.45, 2.75) is 19.8 Å². The lowest BCUT2D eigenvalue weighted by atomic mass is 10.1. The Balaban J connectivity index is 2.28. The Kier molecular flexibility index (Phi) is 3.67. The Morgan fingerprint density at radius 1 is 1.50 bits per heavy atom. The van der Waals surface area contributed by atoms with Gasteiger partial charge >= 0.3 is 5.97 Å². The van der Waals surface area contributed by atoms with E-state index < -0.39 is 5.97 Å². The Bertz CT molecular complexity index is 578. The third kappa shape index (κ3) is 2.71. The number of halogens is 1. The molecule has 18 heavy (non-hydrogen) atoms. The second-order valence-electron chi connectivity index (χ2n) is 4.04. The number of hydrogen-bond acceptors (Lipinski definition) is 2. The van der Waals surface area contributed by atoms with E-state index in [4.69, 9.17) is 16.7 Å². The molecule has 1 aromatic carbocycles. The molecule has 0 spiro atoms. The van der Waals surface area contributed by atoms with Crippen molar-refractivity contribution in [3.63, 3.8) is 0 Å². The van der Waals surface area contributed by atoms with Gasteiger partial charge in [0, 0.05) is 17.1 Å². The molecule has 1 heterocycles. The summed E-state index contributed by atoms with van der Waals surface area (Å²) in [5.74, 6) is -0.801. The van der Waals surface area contributed by atoms with Gasteiger partial charge in [0.1, 0.15) is 0 Å². The first-order valence-corrected chi connectivity index (χ1v) is 5.97. The van der Waals surface area contributed by atoms with E-state index in [2.05, 4.69) is 5.10 Å². The summed E-state index contributed by atoms with van der Waals surface area (Å²) in [6, 6.07) is 7.39. The molecule has 2 rings (SSSR count). The molecule has 0 atom stereocenters. The Morgan fingerprint density at radius 2 is 2.28 bits per heavy atom. The maximum Gasteiger partial charge on any atom is 0.303 e. The summed E-state index contributed by atoms with van der Waals surface area (Å²) < 4.78 is 1.77. The molecule has 0 aliphatic heterocycles. The van der Waals surface area contributed by atoms with Crippen molar-refractivity contribution in [1.82, 2.24) is 9.78 Å². The van der Waals surface area contributed by atoms with E-state index in [9.17, 15) is 4.79 Å². The Labute approximate surface area is 110 Å². The van der Waals surface area contributed by atoms with Gasteiger partial charge in [0.25, 0.3) is 0 Å². The average Bonchev–Trinajstić information content (AvgIpc) is 2.68. The van der Waals surface area contributed by atoms with Crippen LogP contribution in [0.3, 0.4) is 0 Å². The minimum absolute atomic E-state index is 0.113. The summed E-state index contributed by atoms with van der Waals surface area (Å²) in [6.45, 7) is 1.92. The summed E-state index contributed by atoms with van der Waals surface area (Å²) >= 11 is 5.94. The lowest BCUT2D eigenvalue weighted by Crippen LogP contribution is -2.01. The number of rotatable bonds is 4. The second kappa shape index (κ2) is 5.23. The molecule has 1 aromatic heterocycles. The average molecular weight is 265 g/mol. The molecule has 5 heteroatoms. The van der Waals surface area contributed by atoms with E-state index in [1.165, 1.54) is 0 Å². The van der Waals surface area contributed by atoms with E-state index >= 15 is 0 Å². The van der Waals surface area contributed by atoms with Crippen LogP contribution in [0.2, 0.25) is 5.02 Å². The highest BCUT2D eigenvalue weighted by Crippen LogP contribution is 2.18. The fourth-order valence-electron chi connectivity index (χ4n) is 1.80. The smallest absolute Gasteiger partial charge is 0.303 e. The summed E-state index contributed by atoms with van der Waals surface area (Å²) in [7, 11) is 0. The van der Waals surface area contributed by atoms with E-state index in [-0.39, 0.29) is 6.42 Å². The van der Waals surface area contributed by atoms with Crippen molar-refractivity contribution in [2.24, 2.45) is 0 Å². The SMILES string of the molecule is Cc1c(CCC(=O)O)cnn1-c1cccc(Cl)c1. The highest BCUT2D eigenvalue weighted by Gasteiger charge is 2.09. The number of nitrogens with zero attached hydrogens (tertiary/aromatic N) is 2. The van der Waals surface area contributed by atoms with Crippen LogP contribution >= 0.6 is 11.6 Å². The maximum absolute atomic E-state index is 10.6. The number of aromatic nitrogens is 2. The van der Waals surface area contributed by atoms with Gasteiger partial charge in [0.05, 0.1) is 11.9 Å². The van der Waals surface area contributed by atoms with Crippen LogP contribution in [0.4, 0.5) is 0 Å². The standard InChI is InChI=1S/C13H13ClN2O2/c1-9-10(5-6-13(17)18)8-15-16(9)12-4-2-3-11(14)7-12/h2-4,7-8H,5-6H2,1H3,(H,17,18). The molecule has 0 unspecified atom stereocenters. The highest BCUT2D eigenvalue weighted by atomic mass is 35.5. The van der Waals surface area contributed by atoms with Gasteiger partial charge in [-0.2, -0.15) is 5.10 Å². The number of carbonyl (C=O) groups is 1. The molecule has 0 aliphatic carbocycles. The van der Waals surface area contributed by atoms with E-state index in [1.54, 1.807) is 16.9 Å². The molecule has 4 nitrogen and oxygen atoms in total. The first-order chi connectivity index (χ1) is 8.58. The van der Waals surface area contributed by atoms with Crippen molar-refractivity contribution in [1.29, 1.82) is 0 Å². The van der Waals surface area contributed by atoms with Crippen molar-refractivity contribution < 1.29 is 9.90 Å². The van der Waals surface area contributed by atoms with Gasteiger partial charge in [0.15, 0.2) is 0 Å². The summed E-state index contributed by atoms with van der Waals surface area (Å²) in [6.07, 6.45) is 2.31. The van der Waals surface area contributed by atoms with E-state index in [0.717, 1.165) is 16.9 Å². The maximum atomic E-state index is 10.6. The minimum Gasteiger partial charge on any atom is -0.481 e. The predicted molar refractivity (Wildman–Crippen MR) is 69.3 cm³/mol. The van der Waals surface area contributed by atoms with Gasteiger partial charge in [-0.25, -0.2) is 4.68 Å². The fourth-order valence-corrected chi connectivity index (χ4v) is 1.98. The number of aryl methyl sites for hydroxylation is 1. The second-order valence-corrected chi connectivity index (χ2v) is 4.48. The molecule has 2 aromatic rings. The summed E-state index contributed by atoms with van der Waals surface area (Å²) in [4.78, 5) is 10.6. The van der Waals surface area contributed by atoms with Crippen molar-refractivity contribution in [3.8, 4) is 5.69 Å². The molecule has 1 N–H and O–H groups in total. The summed E-state index contributed by atoms with van der Waals surface area (Å²) in [5.41, 5.74) is 2.76. The molecule has 0 amide bonds. The lowest BCUT2D eigenvalue weighted by Gasteiger charge is -2.05. The van der Waals surface area contributed by atoms with Crippen molar-refractivity contribution in [2.75, 3.05) is 0 Å². The minimum atomic E-state index is -0.801. The quantitative estimate of drug-likeness (QED) is 0.924. The predicted octanol–water partition coefficient (Wildman–Crippen LogP) is 2.85. The van der Waals surface area contributed by atoms with Gasteiger partial charge in [0.2, 0.25) is 0 Å². The van der Waals surface area contributed by atoms with Gasteiger partial charge in [-0.05, 0) is 37.1 Å². The largest absolute Gasteiger partial charge is 0.481 e. The van der Waals surface area contributed by atoms with Crippen LogP contribution < -0.4 is 0 Å². The third-order valence-electron chi connectivity index (χ3n) is 2.77. The molecule has 0 aliphatic rings. The molecular formula is C13H13ClN2O2. The molecule has 0 radical (unpaired) electrons. The first-order valence-electron chi connectivity index (χ1n) is 5.59. The number of benzene rings is 1. The molecule has 0 bridgehead atoms. The van der Waals surface area contributed by atoms with Crippen LogP contribution in [0.25, 0.3) is 5.69 Å². The lowest BCUT2D eigenvalue weighted by molar-refractivity contribution is -0.136. The highest BCUT2D eigenvalue weighted by molar-refractivity contribution is 6.30. The zero-order valence-electron chi connectivity index (χ0n) is 9.93. The van der Waals surface area contributed by atoms with Gasteiger partial charge in [-0.1, -0.05) is 17.7 Å². The first kappa shape index (κ1) is 12.6. The zero-order chi connectivity index (χ0) is 13.1. The monoisotopic (exact) mass is 264 g/mol. The third-order valence-corrected chi connectivity index (χ3v) is 3.01. The van der Waals surface area contributed by atoms with Crippen LogP contribution in [0.15, 0.2) is 30.5 Å². The summed E-state index contributed by atoms with van der Waals surface area (Å²) in [5, 5.41) is 13.6. The van der Waals surface area contributed by atoms with Gasteiger partial charge in [-0.3, -0.25) is 4.79 Å². The van der Waals surface area contributed by atoms with Crippen LogP contribution in [-0.4, -0.2) is 20.9 Å². The van der Waals surface area contributed by atoms with Crippen LogP contribution in [0.5, 0.6) is 0 Å². The fraction of sp³-hybridized carbons (Fsp3) is 0.231. The molecule has 0 saturated heterocycles. The van der Waals surface area contributed by atoms with Crippen molar-refractivity contribution in [3.05, 3.63) is 46.7 Å². The molecule has 0 fully saturated rings. The van der Waals surface area contributed by atoms with E-state index in [1.807, 2.05) is 25.1 Å². The molecular weight excluding hydrogens is 252 g/mol. The Hall–Kier alpha value is -1.81. The number of carboxylic acid groups (broad SMARTS) is 1. The number of hydrogen-bond donors (Lipinski definition) is 1. The number of aliphatic carboxylic acids is 1. The number of carboxylic acids is 1. The normalized spacial score (nSPS) is 10.6. The van der Waals surface area contributed by atoms with Gasteiger partial charge in [-0.15, -0.1) is 0 Å². The van der Waals surface area contributed by atoms with E-state index in [0.29, 0.717) is 11.4 Å². The van der Waals surface area contributed by atoms with Crippen LogP contribution in [0, 0.1) is 6.92 Å². The molecule has 0 saturated carbocycles. The zero-order valence-corrected chi connectivity index (χ0v) is 10.7. The van der Waals surface area contributed by atoms with Crippen molar-refractivity contribution >= 4 is 17.6 Å². The molecule has 94 valence electrons.